The monoisotopic (exact) mass is 798 g/mol. The first-order chi connectivity index (χ1) is 26.5. The minimum atomic E-state index is -4.34. The Hall–Kier alpha value is -1.28. The molecule has 0 radical (unpaired) electrons. The summed E-state index contributed by atoms with van der Waals surface area (Å²) in [7, 11) is 1.55. The van der Waals surface area contributed by atoms with Gasteiger partial charge in [-0.25, -0.2) is 4.57 Å². The van der Waals surface area contributed by atoms with Gasteiger partial charge in [0.2, 0.25) is 5.91 Å². The second-order valence-electron chi connectivity index (χ2n) is 16.8. The van der Waals surface area contributed by atoms with E-state index in [0.717, 1.165) is 38.5 Å². The fourth-order valence-electron chi connectivity index (χ4n) is 6.40. The third kappa shape index (κ3) is 40.7. The van der Waals surface area contributed by atoms with Crippen LogP contribution in [0.15, 0.2) is 36.5 Å². The second-order valence-corrected chi connectivity index (χ2v) is 18.2. The average Bonchev–Trinajstić information content (AvgIpc) is 3.13. The molecule has 55 heavy (non-hydrogen) atoms. The normalized spacial score (nSPS) is 14.7. The summed E-state index contributed by atoms with van der Waals surface area (Å²) in [6.45, 7) is 4.78. The maximum absolute atomic E-state index is 12.9. The van der Waals surface area contributed by atoms with E-state index in [0.29, 0.717) is 17.4 Å². The summed E-state index contributed by atoms with van der Waals surface area (Å²) >= 11 is 0. The van der Waals surface area contributed by atoms with Gasteiger partial charge in [0, 0.05) is 6.42 Å². The van der Waals surface area contributed by atoms with Crippen LogP contribution in [0.4, 0.5) is 0 Å². The lowest BCUT2D eigenvalue weighted by Crippen LogP contribution is -2.45. The van der Waals surface area contributed by atoms with Gasteiger partial charge in [-0.15, -0.1) is 0 Å². The number of rotatable bonds is 41. The van der Waals surface area contributed by atoms with Gasteiger partial charge in [-0.05, 0) is 57.8 Å². The Kier molecular flexibility index (Phi) is 37.4. The average molecular weight is 798 g/mol. The maximum atomic E-state index is 12.9. The highest BCUT2D eigenvalue weighted by Crippen LogP contribution is 2.43. The summed E-state index contributed by atoms with van der Waals surface area (Å²) in [5.74, 6) is -0.192. The molecule has 0 aromatic rings. The molecule has 1 amide bonds. The van der Waals surface area contributed by atoms with Crippen molar-refractivity contribution in [1.82, 2.24) is 5.32 Å². The quantitative estimate of drug-likeness (QED) is 0.0246. The van der Waals surface area contributed by atoms with Crippen molar-refractivity contribution in [3.05, 3.63) is 36.5 Å². The predicted molar refractivity (Wildman–Crippen MR) is 235 cm³/mol. The summed E-state index contributed by atoms with van der Waals surface area (Å²) in [5.41, 5.74) is 0. The standard InChI is InChI=1S/C46H89N2O6P/c1-6-8-10-12-14-16-18-20-22-23-24-26-28-30-32-34-36-38-40-46(50)47-44(43-54-55(51,52)53-42-41-48(3,4)5)45(49)39-37-35-33-31-29-27-25-21-19-17-15-13-11-9-7-2/h22-23,29,31,37,39,44-45,49H,6-21,24-28,30,32-36,38,40-43H2,1-5H3,(H-,47,50,51,52)/p+1/b23-22-,31-29+,39-37+. The van der Waals surface area contributed by atoms with E-state index in [1.54, 1.807) is 6.08 Å². The van der Waals surface area contributed by atoms with E-state index in [9.17, 15) is 19.4 Å². The number of nitrogens with zero attached hydrogens (tertiary/aromatic N) is 1. The summed E-state index contributed by atoms with van der Waals surface area (Å²) < 4.78 is 23.5. The van der Waals surface area contributed by atoms with Gasteiger partial charge in [-0.2, -0.15) is 0 Å². The number of aliphatic hydroxyl groups excluding tert-OH is 1. The third-order valence-corrected chi connectivity index (χ3v) is 11.1. The number of phosphoric ester groups is 1. The summed E-state index contributed by atoms with van der Waals surface area (Å²) in [4.78, 5) is 23.1. The molecule has 0 aliphatic heterocycles. The number of likely N-dealkylation sites (N-methyl/N-ethyl adjacent to an activating group) is 1. The van der Waals surface area contributed by atoms with Crippen molar-refractivity contribution in [3.8, 4) is 0 Å². The Balaban J connectivity index is 4.45. The molecule has 9 heteroatoms. The minimum Gasteiger partial charge on any atom is -0.387 e. The summed E-state index contributed by atoms with van der Waals surface area (Å²) in [6, 6.07) is -0.863. The van der Waals surface area contributed by atoms with Crippen molar-refractivity contribution in [2.45, 2.75) is 212 Å². The molecule has 0 fully saturated rings. The van der Waals surface area contributed by atoms with Crippen molar-refractivity contribution in [1.29, 1.82) is 0 Å². The van der Waals surface area contributed by atoms with Crippen LogP contribution >= 0.6 is 7.82 Å². The van der Waals surface area contributed by atoms with Crippen molar-refractivity contribution >= 4 is 13.7 Å². The van der Waals surface area contributed by atoms with E-state index >= 15 is 0 Å². The zero-order valence-electron chi connectivity index (χ0n) is 36.7. The number of nitrogens with one attached hydrogen (secondary N) is 1. The molecule has 0 aliphatic carbocycles. The third-order valence-electron chi connectivity index (χ3n) is 10.1. The number of hydrogen-bond donors (Lipinski definition) is 3. The van der Waals surface area contributed by atoms with Crippen molar-refractivity contribution in [2.75, 3.05) is 40.9 Å². The Morgan fingerprint density at radius 1 is 0.600 bits per heavy atom. The molecular weight excluding hydrogens is 707 g/mol. The molecule has 324 valence electrons. The topological polar surface area (TPSA) is 105 Å². The van der Waals surface area contributed by atoms with Crippen LogP contribution in [0, 0.1) is 0 Å². The van der Waals surface area contributed by atoms with Gasteiger partial charge in [0.05, 0.1) is 39.9 Å². The Morgan fingerprint density at radius 3 is 1.45 bits per heavy atom. The first-order valence-electron chi connectivity index (χ1n) is 22.9. The van der Waals surface area contributed by atoms with E-state index in [4.69, 9.17) is 9.05 Å². The molecule has 0 spiro atoms. The van der Waals surface area contributed by atoms with Gasteiger partial charge >= 0.3 is 7.82 Å². The zero-order chi connectivity index (χ0) is 40.7. The Bertz CT molecular complexity index is 995. The zero-order valence-corrected chi connectivity index (χ0v) is 37.6. The van der Waals surface area contributed by atoms with E-state index in [1.165, 1.54) is 141 Å². The van der Waals surface area contributed by atoms with Gasteiger partial charge in [0.15, 0.2) is 0 Å². The number of carbonyl (C=O) groups excluding carboxylic acids is 1. The van der Waals surface area contributed by atoms with E-state index in [-0.39, 0.29) is 19.1 Å². The van der Waals surface area contributed by atoms with Gasteiger partial charge in [0.1, 0.15) is 13.2 Å². The number of allylic oxidation sites excluding steroid dienone is 5. The molecule has 3 atom stereocenters. The van der Waals surface area contributed by atoms with Crippen LogP contribution in [0.3, 0.4) is 0 Å². The first-order valence-corrected chi connectivity index (χ1v) is 24.4. The van der Waals surface area contributed by atoms with Crippen LogP contribution in [-0.2, 0) is 18.4 Å². The lowest BCUT2D eigenvalue weighted by Gasteiger charge is -2.25. The summed E-state index contributed by atoms with van der Waals surface area (Å²) in [5, 5.41) is 13.8. The molecule has 3 N–H and O–H groups in total. The van der Waals surface area contributed by atoms with Crippen LogP contribution < -0.4 is 5.32 Å². The predicted octanol–water partition coefficient (Wildman–Crippen LogP) is 12.7. The fraction of sp³-hybridized carbons (Fsp3) is 0.848. The molecule has 0 bridgehead atoms. The Labute approximate surface area is 340 Å². The van der Waals surface area contributed by atoms with Gasteiger partial charge in [-0.3, -0.25) is 13.8 Å². The van der Waals surface area contributed by atoms with Gasteiger partial charge < -0.3 is 19.8 Å². The SMILES string of the molecule is CCCCCCCCC/C=C\CCCCCCCCCC(=O)NC(COP(=O)(O)OCC[N+](C)(C)C)C(O)/C=C/CC/C=C/CCCCCCCCCCC. The second kappa shape index (κ2) is 38.2. The van der Waals surface area contributed by atoms with Crippen LogP contribution in [-0.4, -0.2) is 73.4 Å². The lowest BCUT2D eigenvalue weighted by molar-refractivity contribution is -0.870. The first kappa shape index (κ1) is 53.7. The van der Waals surface area contributed by atoms with Crippen LogP contribution in [0.5, 0.6) is 0 Å². The maximum Gasteiger partial charge on any atom is 0.472 e. The minimum absolute atomic E-state index is 0.0554. The number of unbranched alkanes of at least 4 members (excludes halogenated alkanes) is 24. The molecule has 0 saturated carbocycles. The molecule has 0 heterocycles. The largest absolute Gasteiger partial charge is 0.472 e. The number of aliphatic hydroxyl groups is 1. The van der Waals surface area contributed by atoms with Gasteiger partial charge in [-0.1, -0.05) is 172 Å². The molecule has 0 rings (SSSR count). The molecule has 0 aromatic heterocycles. The number of amides is 1. The number of hydrogen-bond acceptors (Lipinski definition) is 5. The van der Waals surface area contributed by atoms with Gasteiger partial charge in [0.25, 0.3) is 0 Å². The van der Waals surface area contributed by atoms with Crippen LogP contribution in [0.1, 0.15) is 200 Å². The van der Waals surface area contributed by atoms with Crippen molar-refractivity contribution in [2.24, 2.45) is 0 Å². The number of quaternary nitrogens is 1. The van der Waals surface area contributed by atoms with Crippen molar-refractivity contribution < 1.29 is 32.9 Å². The number of phosphoric acid groups is 1. The van der Waals surface area contributed by atoms with E-state index in [2.05, 4.69) is 43.5 Å². The van der Waals surface area contributed by atoms with Crippen LogP contribution in [0.25, 0.3) is 0 Å². The highest BCUT2D eigenvalue weighted by molar-refractivity contribution is 7.47. The Morgan fingerprint density at radius 2 is 1.00 bits per heavy atom. The highest BCUT2D eigenvalue weighted by atomic mass is 31.2. The molecule has 0 aliphatic rings. The molecule has 8 nitrogen and oxygen atoms in total. The lowest BCUT2D eigenvalue weighted by atomic mass is 10.1. The molecular formula is C46H90N2O6P+. The molecule has 0 saturated heterocycles. The van der Waals surface area contributed by atoms with E-state index in [1.807, 2.05) is 27.2 Å². The molecule has 3 unspecified atom stereocenters. The highest BCUT2D eigenvalue weighted by Gasteiger charge is 2.27. The number of carbonyl (C=O) groups is 1. The van der Waals surface area contributed by atoms with Crippen LogP contribution in [0.2, 0.25) is 0 Å². The smallest absolute Gasteiger partial charge is 0.387 e. The summed E-state index contributed by atoms with van der Waals surface area (Å²) in [6.07, 6.45) is 46.4. The van der Waals surface area contributed by atoms with Crippen molar-refractivity contribution in [3.63, 3.8) is 0 Å². The fourth-order valence-corrected chi connectivity index (χ4v) is 7.14. The molecule has 0 aromatic carbocycles. The van der Waals surface area contributed by atoms with E-state index < -0.39 is 20.0 Å².